The van der Waals surface area contributed by atoms with E-state index < -0.39 is 11.7 Å². The van der Waals surface area contributed by atoms with Crippen molar-refractivity contribution in [2.24, 2.45) is 0 Å². The van der Waals surface area contributed by atoms with Crippen LogP contribution in [0.25, 0.3) is 0 Å². The second-order valence-corrected chi connectivity index (χ2v) is 5.18. The molecule has 1 heterocycles. The van der Waals surface area contributed by atoms with Crippen LogP contribution in [0.1, 0.15) is 44.6 Å². The van der Waals surface area contributed by atoms with Crippen molar-refractivity contribution in [1.82, 2.24) is 4.98 Å². The predicted octanol–water partition coefficient (Wildman–Crippen LogP) is 4.28. The minimum absolute atomic E-state index is 0.241. The smallest absolute Gasteiger partial charge is 0.370 e. The molecular formula is C14H20F3N3. The molecule has 0 aromatic carbocycles. The van der Waals surface area contributed by atoms with E-state index in [4.69, 9.17) is 0 Å². The van der Waals surface area contributed by atoms with Crippen molar-refractivity contribution < 1.29 is 13.2 Å². The summed E-state index contributed by atoms with van der Waals surface area (Å²) in [5, 5.41) is 6.04. The lowest BCUT2D eigenvalue weighted by Gasteiger charge is -2.16. The van der Waals surface area contributed by atoms with E-state index in [1.165, 1.54) is 0 Å². The molecule has 6 heteroatoms. The van der Waals surface area contributed by atoms with Crippen molar-refractivity contribution >= 4 is 11.6 Å². The minimum atomic E-state index is -4.35. The van der Waals surface area contributed by atoms with Crippen LogP contribution in [-0.4, -0.2) is 17.6 Å². The lowest BCUT2D eigenvalue weighted by molar-refractivity contribution is -0.137. The van der Waals surface area contributed by atoms with Gasteiger partial charge in [0.1, 0.15) is 11.6 Å². The van der Waals surface area contributed by atoms with Crippen LogP contribution in [0.3, 0.4) is 0 Å². The van der Waals surface area contributed by atoms with Crippen LogP contribution >= 0.6 is 0 Å². The van der Waals surface area contributed by atoms with Gasteiger partial charge in [-0.2, -0.15) is 13.2 Å². The van der Waals surface area contributed by atoms with Gasteiger partial charge in [-0.05, 0) is 31.4 Å². The zero-order chi connectivity index (χ0) is 14.6. The van der Waals surface area contributed by atoms with Gasteiger partial charge in [0.2, 0.25) is 0 Å². The number of hydrogen-bond acceptors (Lipinski definition) is 3. The normalized spacial score (nSPS) is 16.4. The number of rotatable bonds is 5. The molecule has 1 aliphatic carbocycles. The van der Waals surface area contributed by atoms with E-state index in [0.29, 0.717) is 12.4 Å². The second kappa shape index (κ2) is 6.33. The van der Waals surface area contributed by atoms with Crippen LogP contribution in [0.15, 0.2) is 12.1 Å². The third-order valence-corrected chi connectivity index (χ3v) is 3.42. The van der Waals surface area contributed by atoms with Gasteiger partial charge < -0.3 is 10.6 Å². The number of nitrogens with one attached hydrogen (secondary N) is 2. The lowest BCUT2D eigenvalue weighted by Crippen LogP contribution is -2.17. The number of anilines is 2. The molecule has 3 nitrogen and oxygen atoms in total. The first kappa shape index (κ1) is 14.9. The Morgan fingerprint density at radius 3 is 2.45 bits per heavy atom. The molecule has 1 aromatic heterocycles. The highest BCUT2D eigenvalue weighted by molar-refractivity contribution is 5.50. The third kappa shape index (κ3) is 4.02. The van der Waals surface area contributed by atoms with Gasteiger partial charge in [0, 0.05) is 12.6 Å². The highest BCUT2D eigenvalue weighted by atomic mass is 19.4. The van der Waals surface area contributed by atoms with Gasteiger partial charge in [-0.3, -0.25) is 0 Å². The number of alkyl halides is 3. The largest absolute Gasteiger partial charge is 0.416 e. The Morgan fingerprint density at radius 2 is 1.85 bits per heavy atom. The van der Waals surface area contributed by atoms with Crippen molar-refractivity contribution in [3.63, 3.8) is 0 Å². The molecule has 0 aliphatic heterocycles. The fraction of sp³-hybridized carbons (Fsp3) is 0.643. The van der Waals surface area contributed by atoms with Gasteiger partial charge >= 0.3 is 6.18 Å². The second-order valence-electron chi connectivity index (χ2n) is 5.18. The molecule has 0 amide bonds. The predicted molar refractivity (Wildman–Crippen MR) is 73.9 cm³/mol. The lowest BCUT2D eigenvalue weighted by atomic mass is 10.2. The zero-order valence-corrected chi connectivity index (χ0v) is 11.6. The molecule has 0 saturated heterocycles. The maximum atomic E-state index is 12.9. The standard InChI is InChI=1S/C14H20F3N3/c1-2-7-18-12-8-10(14(15,16)17)9-13(20-12)19-11-5-3-4-6-11/h8-9,11H,2-7H2,1H3,(H2,18,19,20). The fourth-order valence-electron chi connectivity index (χ4n) is 2.39. The van der Waals surface area contributed by atoms with Crippen LogP contribution in [0.4, 0.5) is 24.8 Å². The average Bonchev–Trinajstić information content (AvgIpc) is 2.88. The number of pyridine rings is 1. The number of hydrogen-bond donors (Lipinski definition) is 2. The van der Waals surface area contributed by atoms with Crippen molar-refractivity contribution in [2.75, 3.05) is 17.2 Å². The summed E-state index contributed by atoms with van der Waals surface area (Å²) < 4.78 is 38.7. The number of nitrogens with zero attached hydrogens (tertiary/aromatic N) is 1. The monoisotopic (exact) mass is 287 g/mol. The highest BCUT2D eigenvalue weighted by Crippen LogP contribution is 2.32. The Balaban J connectivity index is 2.19. The highest BCUT2D eigenvalue weighted by Gasteiger charge is 2.32. The first-order valence-corrected chi connectivity index (χ1v) is 7.08. The fourth-order valence-corrected chi connectivity index (χ4v) is 2.39. The first-order valence-electron chi connectivity index (χ1n) is 7.08. The summed E-state index contributed by atoms with van der Waals surface area (Å²) in [6.45, 7) is 2.56. The Morgan fingerprint density at radius 1 is 1.20 bits per heavy atom. The first-order chi connectivity index (χ1) is 9.49. The molecule has 0 bridgehead atoms. The summed E-state index contributed by atoms with van der Waals surface area (Å²) >= 11 is 0. The molecule has 2 rings (SSSR count). The Labute approximate surface area is 117 Å². The number of halogens is 3. The van der Waals surface area contributed by atoms with Crippen LogP contribution in [-0.2, 0) is 6.18 Å². The summed E-state index contributed by atoms with van der Waals surface area (Å²) in [7, 11) is 0. The molecular weight excluding hydrogens is 267 g/mol. The van der Waals surface area contributed by atoms with E-state index in [2.05, 4.69) is 15.6 Å². The molecule has 0 atom stereocenters. The van der Waals surface area contributed by atoms with Crippen LogP contribution in [0.2, 0.25) is 0 Å². The zero-order valence-electron chi connectivity index (χ0n) is 11.6. The molecule has 1 aromatic rings. The van der Waals surface area contributed by atoms with E-state index in [-0.39, 0.29) is 11.9 Å². The van der Waals surface area contributed by atoms with Gasteiger partial charge in [-0.15, -0.1) is 0 Å². The Bertz CT molecular complexity index is 440. The van der Waals surface area contributed by atoms with E-state index >= 15 is 0 Å². The molecule has 1 saturated carbocycles. The van der Waals surface area contributed by atoms with Gasteiger partial charge in [0.15, 0.2) is 0 Å². The quantitative estimate of drug-likeness (QED) is 0.849. The van der Waals surface area contributed by atoms with Crippen LogP contribution in [0, 0.1) is 0 Å². The Hall–Kier alpha value is -1.46. The summed E-state index contributed by atoms with van der Waals surface area (Å²) in [5.74, 6) is 0.590. The molecule has 0 radical (unpaired) electrons. The summed E-state index contributed by atoms with van der Waals surface area (Å²) in [5.41, 5.74) is -0.661. The maximum Gasteiger partial charge on any atom is 0.416 e. The molecule has 20 heavy (non-hydrogen) atoms. The van der Waals surface area contributed by atoms with Gasteiger partial charge in [0.05, 0.1) is 5.56 Å². The minimum Gasteiger partial charge on any atom is -0.370 e. The maximum absolute atomic E-state index is 12.9. The van der Waals surface area contributed by atoms with Gasteiger partial charge in [0.25, 0.3) is 0 Å². The van der Waals surface area contributed by atoms with Crippen molar-refractivity contribution in [3.8, 4) is 0 Å². The molecule has 112 valence electrons. The van der Waals surface area contributed by atoms with Crippen molar-refractivity contribution in [2.45, 2.75) is 51.2 Å². The van der Waals surface area contributed by atoms with Crippen LogP contribution < -0.4 is 10.6 Å². The van der Waals surface area contributed by atoms with E-state index in [1.807, 2.05) is 6.92 Å². The van der Waals surface area contributed by atoms with Crippen molar-refractivity contribution in [1.29, 1.82) is 0 Å². The topological polar surface area (TPSA) is 37.0 Å². The molecule has 1 aliphatic rings. The Kier molecular flexibility index (Phi) is 4.73. The molecule has 0 unspecified atom stereocenters. The molecule has 0 spiro atoms. The molecule has 1 fully saturated rings. The van der Waals surface area contributed by atoms with Crippen molar-refractivity contribution in [3.05, 3.63) is 17.7 Å². The third-order valence-electron chi connectivity index (χ3n) is 3.42. The van der Waals surface area contributed by atoms with Gasteiger partial charge in [-0.1, -0.05) is 19.8 Å². The summed E-state index contributed by atoms with van der Waals surface area (Å²) in [4.78, 5) is 4.23. The van der Waals surface area contributed by atoms with Crippen LogP contribution in [0.5, 0.6) is 0 Å². The summed E-state index contributed by atoms with van der Waals surface area (Å²) in [6.07, 6.45) is 0.724. The SMILES string of the molecule is CCCNc1cc(C(F)(F)F)cc(NC2CCCC2)n1. The number of aromatic nitrogens is 1. The summed E-state index contributed by atoms with van der Waals surface area (Å²) in [6, 6.07) is 2.40. The van der Waals surface area contributed by atoms with E-state index in [1.54, 1.807) is 0 Å². The van der Waals surface area contributed by atoms with E-state index in [9.17, 15) is 13.2 Å². The molecule has 2 N–H and O–H groups in total. The van der Waals surface area contributed by atoms with E-state index in [0.717, 1.165) is 44.2 Å². The average molecular weight is 287 g/mol. The van der Waals surface area contributed by atoms with Gasteiger partial charge in [-0.25, -0.2) is 4.98 Å².